The number of rotatable bonds is 42. The number of ether oxygens (including phenoxy) is 4. The van der Waals surface area contributed by atoms with Crippen molar-refractivity contribution < 1.29 is 49.0 Å². The molecule has 6 atom stereocenters. The van der Waals surface area contributed by atoms with E-state index in [1.54, 1.807) is 0 Å². The second-order valence-electron chi connectivity index (χ2n) is 17.2. The molecular weight excluding hydrogens is 797 g/mol. The molecule has 1 heterocycles. The number of carbonyl (C=O) groups is 2. The van der Waals surface area contributed by atoms with E-state index < -0.39 is 49.4 Å². The van der Waals surface area contributed by atoms with Crippen LogP contribution in [0.4, 0.5) is 0 Å². The van der Waals surface area contributed by atoms with Crippen molar-refractivity contribution >= 4 is 11.9 Å². The van der Waals surface area contributed by atoms with Crippen molar-refractivity contribution in [2.45, 2.75) is 243 Å². The summed E-state index contributed by atoms with van der Waals surface area (Å²) in [6, 6.07) is 0. The third-order valence-corrected chi connectivity index (χ3v) is 11.4. The fourth-order valence-corrected chi connectivity index (χ4v) is 7.41. The lowest BCUT2D eigenvalue weighted by molar-refractivity contribution is -0.305. The zero-order valence-corrected chi connectivity index (χ0v) is 39.8. The molecule has 0 aromatic heterocycles. The molecule has 0 bridgehead atoms. The predicted molar refractivity (Wildman–Crippen MR) is 256 cm³/mol. The average molecular weight is 889 g/mol. The summed E-state index contributed by atoms with van der Waals surface area (Å²) in [5.74, 6) is -0.828. The van der Waals surface area contributed by atoms with E-state index in [-0.39, 0.29) is 32.0 Å². The molecule has 0 radical (unpaired) electrons. The SMILES string of the molecule is CC/C=C\C/C=C\C/C=C\CCCCCCCC(=O)OC(COC(=O)CCCCCCCCCCCCC/C=C\C/C=C\CCCCCCC)COC1OC(CO)C(O)C(O)C1O. The van der Waals surface area contributed by atoms with E-state index in [1.165, 1.54) is 89.9 Å². The Morgan fingerprint density at radius 3 is 1.41 bits per heavy atom. The van der Waals surface area contributed by atoms with E-state index in [2.05, 4.69) is 74.6 Å². The first kappa shape index (κ1) is 58.4. The van der Waals surface area contributed by atoms with E-state index in [0.29, 0.717) is 6.42 Å². The van der Waals surface area contributed by atoms with Gasteiger partial charge in [0.05, 0.1) is 13.2 Å². The summed E-state index contributed by atoms with van der Waals surface area (Å²) in [5, 5.41) is 40.2. The van der Waals surface area contributed by atoms with Crippen molar-refractivity contribution in [3.05, 3.63) is 60.8 Å². The lowest BCUT2D eigenvalue weighted by Gasteiger charge is -2.39. The van der Waals surface area contributed by atoms with E-state index in [1.807, 2.05) is 0 Å². The number of unbranched alkanes of at least 4 members (excludes halogenated alkanes) is 21. The highest BCUT2D eigenvalue weighted by Gasteiger charge is 2.44. The Morgan fingerprint density at radius 2 is 0.937 bits per heavy atom. The van der Waals surface area contributed by atoms with Gasteiger partial charge < -0.3 is 39.4 Å². The summed E-state index contributed by atoms with van der Waals surface area (Å²) in [5.41, 5.74) is 0. The first-order valence-electron chi connectivity index (χ1n) is 25.4. The van der Waals surface area contributed by atoms with Gasteiger partial charge in [0.25, 0.3) is 0 Å². The van der Waals surface area contributed by atoms with Crippen LogP contribution in [0.2, 0.25) is 0 Å². The number of hydrogen-bond acceptors (Lipinski definition) is 10. The molecule has 364 valence electrons. The molecule has 1 fully saturated rings. The summed E-state index contributed by atoms with van der Waals surface area (Å²) in [6.45, 7) is 3.29. The molecule has 10 nitrogen and oxygen atoms in total. The van der Waals surface area contributed by atoms with Gasteiger partial charge in [0, 0.05) is 12.8 Å². The Kier molecular flexibility index (Phi) is 40.2. The predicted octanol–water partition coefficient (Wildman–Crippen LogP) is 11.8. The van der Waals surface area contributed by atoms with Crippen LogP contribution in [0.1, 0.15) is 206 Å². The summed E-state index contributed by atoms with van der Waals surface area (Å²) >= 11 is 0. The molecule has 1 aliphatic heterocycles. The van der Waals surface area contributed by atoms with Crippen molar-refractivity contribution in [1.29, 1.82) is 0 Å². The van der Waals surface area contributed by atoms with E-state index >= 15 is 0 Å². The molecule has 0 aliphatic carbocycles. The van der Waals surface area contributed by atoms with Gasteiger partial charge in [-0.3, -0.25) is 9.59 Å². The Labute approximate surface area is 383 Å². The highest BCUT2D eigenvalue weighted by atomic mass is 16.7. The van der Waals surface area contributed by atoms with Gasteiger partial charge in [-0.15, -0.1) is 0 Å². The van der Waals surface area contributed by atoms with Gasteiger partial charge in [-0.2, -0.15) is 0 Å². The summed E-state index contributed by atoms with van der Waals surface area (Å²) in [6.07, 6.45) is 46.6. The van der Waals surface area contributed by atoms with Gasteiger partial charge >= 0.3 is 11.9 Å². The second-order valence-corrected chi connectivity index (χ2v) is 17.2. The van der Waals surface area contributed by atoms with Crippen molar-refractivity contribution in [2.75, 3.05) is 19.8 Å². The van der Waals surface area contributed by atoms with E-state index in [0.717, 1.165) is 83.5 Å². The molecule has 1 saturated heterocycles. The van der Waals surface area contributed by atoms with Crippen molar-refractivity contribution in [1.82, 2.24) is 0 Å². The summed E-state index contributed by atoms with van der Waals surface area (Å²) < 4.78 is 22.2. The number of esters is 2. The molecule has 63 heavy (non-hydrogen) atoms. The number of hydrogen-bond donors (Lipinski definition) is 4. The Balaban J connectivity index is 2.25. The van der Waals surface area contributed by atoms with Crippen LogP contribution in [-0.2, 0) is 28.5 Å². The highest BCUT2D eigenvalue weighted by Crippen LogP contribution is 2.23. The Bertz CT molecular complexity index is 1210. The lowest BCUT2D eigenvalue weighted by Crippen LogP contribution is -2.59. The van der Waals surface area contributed by atoms with Crippen molar-refractivity contribution in [2.24, 2.45) is 0 Å². The molecule has 1 rings (SSSR count). The van der Waals surface area contributed by atoms with Crippen LogP contribution in [-0.4, -0.2) is 89.0 Å². The standard InChI is InChI=1S/C53H92O10/c1-3-5-7-9-11-13-15-17-19-20-21-22-23-24-25-26-28-29-31-33-35-37-39-41-48(55)60-44-46(45-61-53-52(59)51(58)50(57)47(43-54)63-53)62-49(56)42-40-38-36-34-32-30-27-18-16-14-12-10-8-6-4-2/h6,8,12,14-15,17-18,20-21,27,46-47,50-54,57-59H,3-5,7,9-11,13,16,19,22-26,28-45H2,1-2H3/b8-6-,14-12-,17-15-,21-20-,27-18-. The molecule has 0 amide bonds. The van der Waals surface area contributed by atoms with Crippen LogP contribution < -0.4 is 0 Å². The number of carbonyl (C=O) groups excluding carboxylic acids is 2. The largest absolute Gasteiger partial charge is 0.462 e. The third-order valence-electron chi connectivity index (χ3n) is 11.4. The molecule has 4 N–H and O–H groups in total. The summed E-state index contributed by atoms with van der Waals surface area (Å²) in [7, 11) is 0. The normalized spacial score (nSPS) is 20.0. The van der Waals surface area contributed by atoms with E-state index in [4.69, 9.17) is 18.9 Å². The molecule has 1 aliphatic rings. The maximum Gasteiger partial charge on any atom is 0.306 e. The molecule has 0 aromatic rings. The molecule has 0 spiro atoms. The van der Waals surface area contributed by atoms with Crippen LogP contribution in [0, 0.1) is 0 Å². The van der Waals surface area contributed by atoms with Crippen molar-refractivity contribution in [3.8, 4) is 0 Å². The second kappa shape index (κ2) is 43.3. The van der Waals surface area contributed by atoms with Gasteiger partial charge in [0.2, 0.25) is 0 Å². The Hall–Kier alpha value is -2.60. The van der Waals surface area contributed by atoms with Crippen LogP contribution >= 0.6 is 0 Å². The quantitative estimate of drug-likeness (QED) is 0.0265. The first-order valence-corrected chi connectivity index (χ1v) is 25.4. The first-order chi connectivity index (χ1) is 30.8. The van der Waals surface area contributed by atoms with Crippen LogP contribution in [0.25, 0.3) is 0 Å². The molecular formula is C53H92O10. The number of allylic oxidation sites excluding steroid dienone is 10. The monoisotopic (exact) mass is 889 g/mol. The zero-order chi connectivity index (χ0) is 45.9. The van der Waals surface area contributed by atoms with Gasteiger partial charge in [-0.25, -0.2) is 0 Å². The molecule has 0 aromatic carbocycles. The van der Waals surface area contributed by atoms with Crippen LogP contribution in [0.5, 0.6) is 0 Å². The highest BCUT2D eigenvalue weighted by molar-refractivity contribution is 5.70. The van der Waals surface area contributed by atoms with Gasteiger partial charge in [0.1, 0.15) is 31.0 Å². The minimum atomic E-state index is -1.60. The topological polar surface area (TPSA) is 152 Å². The lowest BCUT2D eigenvalue weighted by atomic mass is 9.99. The zero-order valence-electron chi connectivity index (χ0n) is 39.8. The van der Waals surface area contributed by atoms with E-state index in [9.17, 15) is 30.0 Å². The van der Waals surface area contributed by atoms with Gasteiger partial charge in [-0.05, 0) is 77.0 Å². The fraction of sp³-hybridized carbons (Fsp3) is 0.774. The minimum Gasteiger partial charge on any atom is -0.462 e. The fourth-order valence-electron chi connectivity index (χ4n) is 7.41. The molecule has 0 saturated carbocycles. The summed E-state index contributed by atoms with van der Waals surface area (Å²) in [4.78, 5) is 25.4. The third kappa shape index (κ3) is 34.4. The number of aliphatic hydroxyl groups excluding tert-OH is 4. The Morgan fingerprint density at radius 1 is 0.508 bits per heavy atom. The maximum atomic E-state index is 12.8. The van der Waals surface area contributed by atoms with Gasteiger partial charge in [0.15, 0.2) is 12.4 Å². The van der Waals surface area contributed by atoms with Crippen LogP contribution in [0.3, 0.4) is 0 Å². The maximum absolute atomic E-state index is 12.8. The van der Waals surface area contributed by atoms with Crippen LogP contribution in [0.15, 0.2) is 60.8 Å². The minimum absolute atomic E-state index is 0.208. The molecule has 10 heteroatoms. The van der Waals surface area contributed by atoms with Gasteiger partial charge in [-0.1, -0.05) is 177 Å². The average Bonchev–Trinajstić information content (AvgIpc) is 3.28. The number of aliphatic hydroxyl groups is 4. The smallest absolute Gasteiger partial charge is 0.306 e. The van der Waals surface area contributed by atoms with Crippen molar-refractivity contribution in [3.63, 3.8) is 0 Å². The molecule has 6 unspecified atom stereocenters.